The molecule has 1 aliphatic rings. The van der Waals surface area contributed by atoms with Crippen molar-refractivity contribution in [2.45, 2.75) is 38.7 Å². The summed E-state index contributed by atoms with van der Waals surface area (Å²) in [5.41, 5.74) is -0.853. The fourth-order valence-electron chi connectivity index (χ4n) is 1.81. The largest absolute Gasteiger partial charge is 0.449 e. The van der Waals surface area contributed by atoms with Crippen molar-refractivity contribution in [1.82, 2.24) is 9.03 Å². The van der Waals surface area contributed by atoms with Crippen LogP contribution in [-0.4, -0.2) is 49.2 Å². The Morgan fingerprint density at radius 2 is 2.11 bits per heavy atom. The van der Waals surface area contributed by atoms with Crippen molar-refractivity contribution in [3.8, 4) is 0 Å². The van der Waals surface area contributed by atoms with Gasteiger partial charge in [0.25, 0.3) is 0 Å². The Morgan fingerprint density at radius 1 is 1.44 bits per heavy atom. The molecule has 18 heavy (non-hydrogen) atoms. The average molecular weight is 280 g/mol. The molecular formula is C10H20N2O5S. The van der Waals surface area contributed by atoms with Gasteiger partial charge in [0.1, 0.15) is 0 Å². The molecule has 0 saturated carbocycles. The molecule has 2 N–H and O–H groups in total. The Bertz CT molecular complexity index is 393. The highest BCUT2D eigenvalue weighted by molar-refractivity contribution is 7.87. The van der Waals surface area contributed by atoms with Gasteiger partial charge in [-0.1, -0.05) is 0 Å². The Balaban J connectivity index is 2.65. The minimum absolute atomic E-state index is 0.107. The first kappa shape index (κ1) is 15.2. The lowest BCUT2D eigenvalue weighted by Gasteiger charge is -2.22. The minimum atomic E-state index is -3.88. The molecule has 0 radical (unpaired) electrons. The lowest BCUT2D eigenvalue weighted by molar-refractivity contribution is 0.0465. The van der Waals surface area contributed by atoms with E-state index >= 15 is 0 Å². The zero-order valence-electron chi connectivity index (χ0n) is 10.7. The molecule has 0 aromatic rings. The highest BCUT2D eigenvalue weighted by Crippen LogP contribution is 2.22. The predicted octanol–water partition coefficient (Wildman–Crippen LogP) is 0.214. The number of ether oxygens (including phenoxy) is 1. The standard InChI is InChI=1S/C10H20N2O5S/c1-3-17-9(13)11-18(15,16)12-7-4-5-10(2,14)6-8-12/h14H,3-8H2,1-2H3,(H,11,13). The molecule has 0 aliphatic carbocycles. The molecule has 0 bridgehead atoms. The molecule has 1 heterocycles. The Labute approximate surface area is 107 Å². The Kier molecular flexibility index (Phi) is 4.94. The van der Waals surface area contributed by atoms with Crippen molar-refractivity contribution in [2.24, 2.45) is 0 Å². The van der Waals surface area contributed by atoms with Crippen LogP contribution in [0.2, 0.25) is 0 Å². The van der Waals surface area contributed by atoms with E-state index in [2.05, 4.69) is 4.74 Å². The summed E-state index contributed by atoms with van der Waals surface area (Å²) in [6, 6.07) is 0. The van der Waals surface area contributed by atoms with Gasteiger partial charge < -0.3 is 9.84 Å². The lowest BCUT2D eigenvalue weighted by atomic mass is 9.98. The molecule has 8 heteroatoms. The molecule has 0 aromatic heterocycles. The number of aliphatic hydroxyl groups is 1. The first-order valence-corrected chi connectivity index (χ1v) is 7.38. The normalized spacial score (nSPS) is 26.4. The van der Waals surface area contributed by atoms with Crippen molar-refractivity contribution in [2.75, 3.05) is 19.7 Å². The van der Waals surface area contributed by atoms with Crippen LogP contribution < -0.4 is 4.72 Å². The molecular weight excluding hydrogens is 260 g/mol. The van der Waals surface area contributed by atoms with Gasteiger partial charge in [-0.15, -0.1) is 0 Å². The fraction of sp³-hybridized carbons (Fsp3) is 0.900. The molecule has 1 fully saturated rings. The van der Waals surface area contributed by atoms with Crippen molar-refractivity contribution in [3.63, 3.8) is 0 Å². The molecule has 0 spiro atoms. The van der Waals surface area contributed by atoms with E-state index in [9.17, 15) is 18.3 Å². The number of nitrogens with zero attached hydrogens (tertiary/aromatic N) is 1. The van der Waals surface area contributed by atoms with Crippen molar-refractivity contribution < 1.29 is 23.1 Å². The van der Waals surface area contributed by atoms with Crippen LogP contribution in [0.25, 0.3) is 0 Å². The SMILES string of the molecule is CCOC(=O)NS(=O)(=O)N1CCCC(C)(O)CC1. The lowest BCUT2D eigenvalue weighted by Crippen LogP contribution is -2.44. The third-order valence-corrected chi connectivity index (χ3v) is 4.32. The molecule has 1 amide bonds. The highest BCUT2D eigenvalue weighted by Gasteiger charge is 2.31. The number of carbonyl (C=O) groups is 1. The second-order valence-corrected chi connectivity index (χ2v) is 6.25. The average Bonchev–Trinajstić information content (AvgIpc) is 2.39. The number of rotatable bonds is 3. The second-order valence-electron chi connectivity index (χ2n) is 4.58. The van der Waals surface area contributed by atoms with E-state index in [1.807, 2.05) is 4.72 Å². The van der Waals surface area contributed by atoms with Crippen molar-refractivity contribution in [1.29, 1.82) is 0 Å². The third kappa shape index (κ3) is 4.43. The molecule has 0 aromatic carbocycles. The first-order chi connectivity index (χ1) is 8.27. The Hall–Kier alpha value is -0.860. The minimum Gasteiger partial charge on any atom is -0.449 e. The van der Waals surface area contributed by atoms with E-state index in [-0.39, 0.29) is 19.7 Å². The quantitative estimate of drug-likeness (QED) is 0.770. The summed E-state index contributed by atoms with van der Waals surface area (Å²) in [6.45, 7) is 3.85. The number of hydrogen-bond acceptors (Lipinski definition) is 5. The zero-order valence-corrected chi connectivity index (χ0v) is 11.5. The van der Waals surface area contributed by atoms with Gasteiger partial charge in [0.2, 0.25) is 0 Å². The van der Waals surface area contributed by atoms with Crippen LogP contribution in [0.1, 0.15) is 33.1 Å². The molecule has 1 atom stereocenters. The predicted molar refractivity (Wildman–Crippen MR) is 65.1 cm³/mol. The van der Waals surface area contributed by atoms with Gasteiger partial charge in [0.15, 0.2) is 0 Å². The smallest absolute Gasteiger partial charge is 0.421 e. The maximum atomic E-state index is 11.9. The van der Waals surface area contributed by atoms with Crippen LogP contribution in [-0.2, 0) is 14.9 Å². The number of nitrogens with one attached hydrogen (secondary N) is 1. The second kappa shape index (κ2) is 5.85. The van der Waals surface area contributed by atoms with E-state index in [1.165, 1.54) is 0 Å². The van der Waals surface area contributed by atoms with E-state index in [1.54, 1.807) is 13.8 Å². The molecule has 1 unspecified atom stereocenters. The summed E-state index contributed by atoms with van der Waals surface area (Å²) in [7, 11) is -3.88. The van der Waals surface area contributed by atoms with E-state index in [0.717, 1.165) is 4.31 Å². The molecule has 1 aliphatic heterocycles. The van der Waals surface area contributed by atoms with Crippen LogP contribution in [0.5, 0.6) is 0 Å². The van der Waals surface area contributed by atoms with Gasteiger partial charge in [-0.05, 0) is 33.1 Å². The Morgan fingerprint density at radius 3 is 2.72 bits per heavy atom. The third-order valence-electron chi connectivity index (χ3n) is 2.85. The summed E-state index contributed by atoms with van der Waals surface area (Å²) in [6.07, 6.45) is 0.458. The monoisotopic (exact) mass is 280 g/mol. The van der Waals surface area contributed by atoms with Crippen LogP contribution >= 0.6 is 0 Å². The van der Waals surface area contributed by atoms with Crippen molar-refractivity contribution >= 4 is 16.3 Å². The number of hydrogen-bond donors (Lipinski definition) is 2. The van der Waals surface area contributed by atoms with Crippen LogP contribution in [0.3, 0.4) is 0 Å². The molecule has 1 rings (SSSR count). The topological polar surface area (TPSA) is 95.9 Å². The van der Waals surface area contributed by atoms with Crippen LogP contribution in [0.4, 0.5) is 4.79 Å². The summed E-state index contributed by atoms with van der Waals surface area (Å²) < 4.78 is 31.3. The maximum absolute atomic E-state index is 11.9. The molecule has 1 saturated heterocycles. The van der Waals surface area contributed by atoms with E-state index < -0.39 is 21.9 Å². The number of carbonyl (C=O) groups excluding carboxylic acids is 1. The van der Waals surface area contributed by atoms with Gasteiger partial charge >= 0.3 is 16.3 Å². The summed E-state index contributed by atoms with van der Waals surface area (Å²) in [5.74, 6) is 0. The summed E-state index contributed by atoms with van der Waals surface area (Å²) >= 11 is 0. The fourth-order valence-corrected chi connectivity index (χ4v) is 2.91. The van der Waals surface area contributed by atoms with Crippen LogP contribution in [0.15, 0.2) is 0 Å². The van der Waals surface area contributed by atoms with Gasteiger partial charge in [-0.2, -0.15) is 12.7 Å². The molecule has 106 valence electrons. The van der Waals surface area contributed by atoms with Crippen molar-refractivity contribution in [3.05, 3.63) is 0 Å². The number of amides is 1. The summed E-state index contributed by atoms with van der Waals surface area (Å²) in [5, 5.41) is 9.87. The molecule has 7 nitrogen and oxygen atoms in total. The van der Waals surface area contributed by atoms with Gasteiger partial charge in [0, 0.05) is 13.1 Å². The van der Waals surface area contributed by atoms with Gasteiger partial charge in [-0.3, -0.25) is 0 Å². The van der Waals surface area contributed by atoms with Crippen LogP contribution in [0, 0.1) is 0 Å². The summed E-state index contributed by atoms with van der Waals surface area (Å²) in [4.78, 5) is 11.1. The van der Waals surface area contributed by atoms with E-state index in [0.29, 0.717) is 19.3 Å². The maximum Gasteiger partial charge on any atom is 0.421 e. The zero-order chi connectivity index (χ0) is 13.8. The van der Waals surface area contributed by atoms with Gasteiger partial charge in [0.05, 0.1) is 12.2 Å². The van der Waals surface area contributed by atoms with E-state index in [4.69, 9.17) is 0 Å². The van der Waals surface area contributed by atoms with Gasteiger partial charge in [-0.25, -0.2) is 9.52 Å². The first-order valence-electron chi connectivity index (χ1n) is 5.94. The highest BCUT2D eigenvalue weighted by atomic mass is 32.2.